The van der Waals surface area contributed by atoms with Gasteiger partial charge in [-0.1, -0.05) is 22.9 Å². The molecule has 1 aromatic heterocycles. The number of carbonyl (C=O) groups is 1. The maximum Gasteiger partial charge on any atom is 0.257 e. The van der Waals surface area contributed by atoms with Crippen LogP contribution in [-0.4, -0.2) is 16.1 Å². The highest BCUT2D eigenvalue weighted by atomic mass is 35.5. The summed E-state index contributed by atoms with van der Waals surface area (Å²) in [5.74, 6) is -0.254. The zero-order chi connectivity index (χ0) is 12.4. The van der Waals surface area contributed by atoms with Crippen LogP contribution in [0.25, 0.3) is 0 Å². The second-order valence-corrected chi connectivity index (χ2v) is 4.80. The van der Waals surface area contributed by atoms with Gasteiger partial charge in [0.25, 0.3) is 5.91 Å². The van der Waals surface area contributed by atoms with E-state index in [0.29, 0.717) is 20.8 Å². The van der Waals surface area contributed by atoms with Crippen molar-refractivity contribution in [1.82, 2.24) is 10.2 Å². The fourth-order valence-electron chi connectivity index (χ4n) is 1.33. The van der Waals surface area contributed by atoms with Gasteiger partial charge in [-0.25, -0.2) is 0 Å². The number of hydrogen-bond acceptors (Lipinski definition) is 5. The van der Waals surface area contributed by atoms with Crippen molar-refractivity contribution in [1.29, 1.82) is 0 Å². The smallest absolute Gasteiger partial charge is 0.257 e. The monoisotopic (exact) mass is 268 g/mol. The number of carbonyl (C=O) groups excluding carboxylic acids is 1. The van der Waals surface area contributed by atoms with E-state index in [0.717, 1.165) is 16.9 Å². The molecule has 2 aromatic rings. The van der Waals surface area contributed by atoms with Gasteiger partial charge >= 0.3 is 0 Å². The number of benzene rings is 1. The van der Waals surface area contributed by atoms with E-state index in [1.54, 1.807) is 18.2 Å². The number of hydrogen-bond donors (Lipinski definition) is 2. The van der Waals surface area contributed by atoms with Gasteiger partial charge in [-0.3, -0.25) is 10.1 Å². The van der Waals surface area contributed by atoms with Crippen LogP contribution in [0.1, 0.15) is 15.9 Å². The molecule has 0 saturated carbocycles. The van der Waals surface area contributed by atoms with Crippen LogP contribution < -0.4 is 11.1 Å². The van der Waals surface area contributed by atoms with Crippen LogP contribution in [0, 0.1) is 6.92 Å². The van der Waals surface area contributed by atoms with E-state index in [9.17, 15) is 4.79 Å². The second kappa shape index (κ2) is 4.68. The summed E-state index contributed by atoms with van der Waals surface area (Å²) in [6.07, 6.45) is 0. The van der Waals surface area contributed by atoms with Crippen LogP contribution in [-0.2, 0) is 0 Å². The number of nitrogens with zero attached hydrogens (tertiary/aromatic N) is 2. The number of anilines is 2. The molecule has 0 aliphatic carbocycles. The molecule has 0 spiro atoms. The van der Waals surface area contributed by atoms with E-state index in [2.05, 4.69) is 15.5 Å². The number of halogens is 1. The van der Waals surface area contributed by atoms with Crippen LogP contribution in [0.3, 0.4) is 0 Å². The van der Waals surface area contributed by atoms with Crippen molar-refractivity contribution in [2.45, 2.75) is 6.92 Å². The van der Waals surface area contributed by atoms with Crippen molar-refractivity contribution in [2.24, 2.45) is 0 Å². The zero-order valence-corrected chi connectivity index (χ0v) is 10.5. The Morgan fingerprint density at radius 3 is 2.82 bits per heavy atom. The first-order valence-corrected chi connectivity index (χ1v) is 5.92. The lowest BCUT2D eigenvalue weighted by atomic mass is 10.1. The average Bonchev–Trinajstić information content (AvgIpc) is 2.63. The third-order valence-corrected chi connectivity index (χ3v) is 3.00. The lowest BCUT2D eigenvalue weighted by Gasteiger charge is -2.04. The fraction of sp³-hybridized carbons (Fsp3) is 0.100. The summed E-state index contributed by atoms with van der Waals surface area (Å²) in [5, 5.41) is 11.2. The van der Waals surface area contributed by atoms with Gasteiger partial charge in [0.2, 0.25) is 10.3 Å². The lowest BCUT2D eigenvalue weighted by Crippen LogP contribution is -2.13. The van der Waals surface area contributed by atoms with Crippen molar-refractivity contribution in [3.05, 3.63) is 34.3 Å². The van der Waals surface area contributed by atoms with Crippen molar-refractivity contribution < 1.29 is 4.79 Å². The third-order valence-electron chi connectivity index (χ3n) is 2.09. The summed E-state index contributed by atoms with van der Waals surface area (Å²) in [5.41, 5.74) is 6.76. The fourth-order valence-corrected chi connectivity index (χ4v) is 2.06. The number of nitrogens with one attached hydrogen (secondary N) is 1. The number of aromatic nitrogens is 2. The number of nitrogen functional groups attached to an aromatic ring is 1. The minimum atomic E-state index is -0.254. The Morgan fingerprint density at radius 1 is 1.47 bits per heavy atom. The molecule has 1 heterocycles. The number of amides is 1. The molecule has 2 rings (SSSR count). The molecular weight excluding hydrogens is 260 g/mol. The Kier molecular flexibility index (Phi) is 3.26. The number of nitrogens with two attached hydrogens (primary N) is 1. The van der Waals surface area contributed by atoms with Crippen molar-refractivity contribution >= 4 is 39.1 Å². The summed E-state index contributed by atoms with van der Waals surface area (Å²) in [4.78, 5) is 11.9. The summed E-state index contributed by atoms with van der Waals surface area (Å²) < 4.78 is 0. The first kappa shape index (κ1) is 11.8. The highest BCUT2D eigenvalue weighted by Crippen LogP contribution is 2.19. The maximum absolute atomic E-state index is 11.9. The van der Waals surface area contributed by atoms with Gasteiger partial charge < -0.3 is 5.73 Å². The van der Waals surface area contributed by atoms with Gasteiger partial charge in [-0.05, 0) is 30.7 Å². The Morgan fingerprint density at radius 2 is 2.24 bits per heavy atom. The Labute approximate surface area is 107 Å². The quantitative estimate of drug-likeness (QED) is 0.876. The van der Waals surface area contributed by atoms with Gasteiger partial charge in [0.05, 0.1) is 0 Å². The van der Waals surface area contributed by atoms with Crippen molar-refractivity contribution in [3.63, 3.8) is 0 Å². The molecule has 1 amide bonds. The Balaban J connectivity index is 2.20. The summed E-state index contributed by atoms with van der Waals surface area (Å²) in [6, 6.07) is 5.06. The molecule has 7 heteroatoms. The van der Waals surface area contributed by atoms with E-state index in [4.69, 9.17) is 17.3 Å². The van der Waals surface area contributed by atoms with E-state index >= 15 is 0 Å². The minimum absolute atomic E-state index is 0.254. The molecule has 0 radical (unpaired) electrons. The SMILES string of the molecule is Cc1cc(Cl)ccc1C(=O)Nc1nnc(N)s1. The molecule has 0 atom stereocenters. The van der Waals surface area contributed by atoms with E-state index < -0.39 is 0 Å². The predicted octanol–water partition coefficient (Wildman–Crippen LogP) is 2.33. The molecule has 88 valence electrons. The highest BCUT2D eigenvalue weighted by Gasteiger charge is 2.11. The Hall–Kier alpha value is -1.66. The van der Waals surface area contributed by atoms with Gasteiger partial charge in [0, 0.05) is 10.6 Å². The van der Waals surface area contributed by atoms with Gasteiger partial charge in [0.15, 0.2) is 0 Å². The molecule has 0 unspecified atom stereocenters. The first-order chi connectivity index (χ1) is 8.06. The van der Waals surface area contributed by atoms with Gasteiger partial charge in [-0.2, -0.15) is 0 Å². The molecule has 0 saturated heterocycles. The molecule has 0 aliphatic rings. The van der Waals surface area contributed by atoms with Crippen LogP contribution in [0.4, 0.5) is 10.3 Å². The van der Waals surface area contributed by atoms with Crippen LogP contribution in [0.15, 0.2) is 18.2 Å². The first-order valence-electron chi connectivity index (χ1n) is 4.73. The molecule has 3 N–H and O–H groups in total. The average molecular weight is 269 g/mol. The summed E-state index contributed by atoms with van der Waals surface area (Å²) in [6.45, 7) is 1.81. The van der Waals surface area contributed by atoms with Crippen molar-refractivity contribution in [2.75, 3.05) is 11.1 Å². The molecule has 17 heavy (non-hydrogen) atoms. The highest BCUT2D eigenvalue weighted by molar-refractivity contribution is 7.19. The van der Waals surface area contributed by atoms with Gasteiger partial charge in [-0.15, -0.1) is 10.2 Å². The molecule has 5 nitrogen and oxygen atoms in total. The van der Waals surface area contributed by atoms with E-state index in [1.807, 2.05) is 6.92 Å². The minimum Gasteiger partial charge on any atom is -0.374 e. The van der Waals surface area contributed by atoms with Crippen LogP contribution >= 0.6 is 22.9 Å². The normalized spacial score (nSPS) is 10.2. The lowest BCUT2D eigenvalue weighted by molar-refractivity contribution is 0.102. The zero-order valence-electron chi connectivity index (χ0n) is 8.90. The number of aryl methyl sites for hydroxylation is 1. The largest absolute Gasteiger partial charge is 0.374 e. The summed E-state index contributed by atoms with van der Waals surface area (Å²) >= 11 is 6.93. The van der Waals surface area contributed by atoms with Crippen LogP contribution in [0.2, 0.25) is 5.02 Å². The topological polar surface area (TPSA) is 80.9 Å². The molecular formula is C10H9ClN4OS. The molecule has 0 fully saturated rings. The molecule has 0 bridgehead atoms. The standard InChI is InChI=1S/C10H9ClN4OS/c1-5-4-6(11)2-3-7(5)8(16)13-10-15-14-9(12)17-10/h2-4H,1H3,(H2,12,14)(H,13,15,16). The van der Waals surface area contributed by atoms with E-state index in [1.165, 1.54) is 0 Å². The summed E-state index contributed by atoms with van der Waals surface area (Å²) in [7, 11) is 0. The second-order valence-electron chi connectivity index (χ2n) is 3.36. The molecule has 1 aromatic carbocycles. The Bertz CT molecular complexity index is 569. The van der Waals surface area contributed by atoms with Gasteiger partial charge in [0.1, 0.15) is 0 Å². The maximum atomic E-state index is 11.9. The van der Waals surface area contributed by atoms with E-state index in [-0.39, 0.29) is 5.91 Å². The van der Waals surface area contributed by atoms with Crippen LogP contribution in [0.5, 0.6) is 0 Å². The molecule has 0 aliphatic heterocycles. The third kappa shape index (κ3) is 2.72. The van der Waals surface area contributed by atoms with Crippen molar-refractivity contribution in [3.8, 4) is 0 Å². The number of rotatable bonds is 2. The predicted molar refractivity (Wildman–Crippen MR) is 68.5 cm³/mol.